The van der Waals surface area contributed by atoms with Crippen molar-refractivity contribution < 1.29 is 28.8 Å². The Morgan fingerprint density at radius 2 is 2.04 bits per heavy atom. The summed E-state index contributed by atoms with van der Waals surface area (Å²) in [4.78, 5) is 39.9. The van der Waals surface area contributed by atoms with Crippen molar-refractivity contribution in [1.29, 1.82) is 0 Å². The summed E-state index contributed by atoms with van der Waals surface area (Å²) in [6.45, 7) is 3.91. The molecule has 0 saturated carbocycles. The summed E-state index contributed by atoms with van der Waals surface area (Å²) in [6.07, 6.45) is 1.06. The van der Waals surface area contributed by atoms with Crippen LogP contribution in [0, 0.1) is 17.7 Å². The molecular formula is C19H24FN2O4+. The lowest BCUT2D eigenvalue weighted by molar-refractivity contribution is -0.735. The highest BCUT2D eigenvalue weighted by atomic mass is 19.1. The molecule has 2 amide bonds. The molecule has 0 radical (unpaired) electrons. The lowest BCUT2D eigenvalue weighted by Crippen LogP contribution is -2.98. The first-order valence-electron chi connectivity index (χ1n) is 8.96. The number of hydrogen-bond acceptors (Lipinski definition) is 4. The number of ether oxygens (including phenoxy) is 1. The molecule has 0 aliphatic carbocycles. The van der Waals surface area contributed by atoms with Crippen molar-refractivity contribution in [3.05, 3.63) is 35.6 Å². The maximum Gasteiger partial charge on any atom is 0.368 e. The number of amides is 2. The Kier molecular flexibility index (Phi) is 4.84. The van der Waals surface area contributed by atoms with E-state index in [-0.39, 0.29) is 18.4 Å². The molecule has 0 unspecified atom stereocenters. The van der Waals surface area contributed by atoms with Gasteiger partial charge >= 0.3 is 5.97 Å². The van der Waals surface area contributed by atoms with Gasteiger partial charge in [0.2, 0.25) is 17.4 Å². The number of esters is 1. The predicted molar refractivity (Wildman–Crippen MR) is 90.1 cm³/mol. The van der Waals surface area contributed by atoms with E-state index in [2.05, 4.69) is 0 Å². The number of quaternary nitrogens is 1. The van der Waals surface area contributed by atoms with Gasteiger partial charge in [0.1, 0.15) is 23.7 Å². The Balaban J connectivity index is 2.15. The predicted octanol–water partition coefficient (Wildman–Crippen LogP) is 0.777. The lowest BCUT2D eigenvalue weighted by Gasteiger charge is -2.28. The van der Waals surface area contributed by atoms with E-state index >= 15 is 0 Å². The molecule has 6 nitrogen and oxygen atoms in total. The first-order chi connectivity index (χ1) is 12.4. The maximum absolute atomic E-state index is 13.8. The van der Waals surface area contributed by atoms with Gasteiger partial charge in [-0.05, 0) is 25.5 Å². The van der Waals surface area contributed by atoms with Crippen molar-refractivity contribution in [3.8, 4) is 0 Å². The number of benzene rings is 1. The summed E-state index contributed by atoms with van der Waals surface area (Å²) >= 11 is 0. The lowest BCUT2D eigenvalue weighted by atomic mass is 9.77. The van der Waals surface area contributed by atoms with Crippen LogP contribution in [0.2, 0.25) is 0 Å². The van der Waals surface area contributed by atoms with Crippen LogP contribution in [0.15, 0.2) is 24.3 Å². The van der Waals surface area contributed by atoms with Crippen molar-refractivity contribution in [3.63, 3.8) is 0 Å². The average Bonchev–Trinajstić information content (AvgIpc) is 3.09. The molecule has 2 saturated heterocycles. The number of nitrogens with zero attached hydrogens (tertiary/aromatic N) is 1. The quantitative estimate of drug-likeness (QED) is 0.619. The van der Waals surface area contributed by atoms with Gasteiger partial charge in [0.25, 0.3) is 0 Å². The summed E-state index contributed by atoms with van der Waals surface area (Å²) in [5.41, 5.74) is -0.567. The molecule has 2 heterocycles. The van der Waals surface area contributed by atoms with Crippen LogP contribution in [0.3, 0.4) is 0 Å². The maximum atomic E-state index is 13.8. The van der Waals surface area contributed by atoms with E-state index < -0.39 is 35.2 Å². The van der Waals surface area contributed by atoms with Gasteiger partial charge < -0.3 is 10.1 Å². The van der Waals surface area contributed by atoms with Gasteiger partial charge in [0.05, 0.1) is 7.11 Å². The van der Waals surface area contributed by atoms with E-state index in [0.717, 1.165) is 0 Å². The van der Waals surface area contributed by atoms with Gasteiger partial charge in [-0.3, -0.25) is 14.5 Å². The zero-order chi connectivity index (χ0) is 19.1. The van der Waals surface area contributed by atoms with Crippen LogP contribution in [0.4, 0.5) is 4.39 Å². The number of fused-ring (bicyclic) bond motifs is 1. The van der Waals surface area contributed by atoms with Gasteiger partial charge in [-0.25, -0.2) is 9.18 Å². The minimum atomic E-state index is -1.16. The molecule has 1 aromatic carbocycles. The first kappa shape index (κ1) is 18.5. The van der Waals surface area contributed by atoms with E-state index in [1.54, 1.807) is 24.4 Å². The molecule has 2 N–H and O–H groups in total. The molecule has 3 rings (SSSR count). The molecule has 1 aromatic rings. The third-order valence-corrected chi connectivity index (χ3v) is 5.64. The van der Waals surface area contributed by atoms with E-state index in [1.165, 1.54) is 24.1 Å². The number of methoxy groups -OCH3 is 1. The molecule has 2 fully saturated rings. The van der Waals surface area contributed by atoms with Crippen LogP contribution in [-0.2, 0) is 19.1 Å². The number of carbonyl (C=O) groups excluding carboxylic acids is 3. The molecular weight excluding hydrogens is 339 g/mol. The minimum absolute atomic E-state index is 0.254. The summed E-state index contributed by atoms with van der Waals surface area (Å²) in [5, 5.41) is 1.76. The fraction of sp³-hybridized carbons (Fsp3) is 0.526. The third-order valence-electron chi connectivity index (χ3n) is 5.64. The molecule has 2 aliphatic rings. The highest BCUT2D eigenvalue weighted by Gasteiger charge is 2.71. The fourth-order valence-electron chi connectivity index (χ4n) is 4.65. The molecule has 0 aromatic heterocycles. The Labute approximate surface area is 151 Å². The Morgan fingerprint density at radius 1 is 1.31 bits per heavy atom. The van der Waals surface area contributed by atoms with Gasteiger partial charge in [0, 0.05) is 18.5 Å². The summed E-state index contributed by atoms with van der Waals surface area (Å²) < 4.78 is 18.8. The zero-order valence-corrected chi connectivity index (χ0v) is 15.2. The van der Waals surface area contributed by atoms with E-state index in [9.17, 15) is 18.8 Å². The van der Waals surface area contributed by atoms with Crippen LogP contribution in [0.25, 0.3) is 0 Å². The first-order valence-corrected chi connectivity index (χ1v) is 8.96. The smallest absolute Gasteiger partial charge is 0.368 e. The number of hydrogen-bond donors (Lipinski definition) is 1. The number of imide groups is 1. The second-order valence-corrected chi connectivity index (χ2v) is 6.95. The van der Waals surface area contributed by atoms with Crippen molar-refractivity contribution in [2.75, 3.05) is 13.7 Å². The van der Waals surface area contributed by atoms with Crippen LogP contribution < -0.4 is 5.32 Å². The molecule has 4 atom stereocenters. The molecule has 0 spiro atoms. The van der Waals surface area contributed by atoms with Crippen molar-refractivity contribution >= 4 is 17.8 Å². The molecule has 140 valence electrons. The molecule has 0 bridgehead atoms. The van der Waals surface area contributed by atoms with Crippen LogP contribution >= 0.6 is 0 Å². The van der Waals surface area contributed by atoms with Crippen molar-refractivity contribution in [2.24, 2.45) is 11.8 Å². The molecule has 26 heavy (non-hydrogen) atoms. The highest BCUT2D eigenvalue weighted by Crippen LogP contribution is 2.46. The van der Waals surface area contributed by atoms with Gasteiger partial charge in [0.15, 0.2) is 0 Å². The zero-order valence-electron chi connectivity index (χ0n) is 15.2. The van der Waals surface area contributed by atoms with E-state index in [4.69, 9.17) is 4.74 Å². The van der Waals surface area contributed by atoms with Gasteiger partial charge in [-0.2, -0.15) is 0 Å². The third kappa shape index (κ3) is 2.53. The Bertz CT molecular complexity index is 753. The second kappa shape index (κ2) is 6.79. The number of likely N-dealkylation sites (tertiary alicyclic amines) is 1. The average molecular weight is 363 g/mol. The number of rotatable bonds is 5. The summed E-state index contributed by atoms with van der Waals surface area (Å²) in [7, 11) is 1.29. The van der Waals surface area contributed by atoms with Crippen molar-refractivity contribution in [1.82, 2.24) is 4.90 Å². The number of halogens is 1. The second-order valence-electron chi connectivity index (χ2n) is 6.95. The minimum Gasteiger partial charge on any atom is -0.464 e. The van der Waals surface area contributed by atoms with Gasteiger partial charge in [-0.1, -0.05) is 19.1 Å². The molecule has 7 heteroatoms. The van der Waals surface area contributed by atoms with Crippen molar-refractivity contribution in [2.45, 2.75) is 38.3 Å². The fourth-order valence-corrected chi connectivity index (χ4v) is 4.65. The number of carbonyl (C=O) groups is 3. The number of nitrogens with two attached hydrogens (primary N) is 1. The monoisotopic (exact) mass is 363 g/mol. The summed E-state index contributed by atoms with van der Waals surface area (Å²) in [6, 6.07) is 5.49. The van der Waals surface area contributed by atoms with E-state index in [0.29, 0.717) is 18.4 Å². The van der Waals surface area contributed by atoms with Gasteiger partial charge in [-0.15, -0.1) is 0 Å². The Hall–Kier alpha value is -2.28. The SMILES string of the molecule is CCC[C@]1(C(=O)OC)[NH2+][C@@H](c2cccc(F)c2)[C@H]2C(=O)N(CC)C(=O)[C@@H]21. The van der Waals surface area contributed by atoms with E-state index in [1.807, 2.05) is 6.92 Å². The normalized spacial score (nSPS) is 30.6. The van der Waals surface area contributed by atoms with Crippen LogP contribution in [0.1, 0.15) is 38.3 Å². The topological polar surface area (TPSA) is 80.3 Å². The Morgan fingerprint density at radius 3 is 2.62 bits per heavy atom. The van der Waals surface area contributed by atoms with Crippen LogP contribution in [0.5, 0.6) is 0 Å². The highest BCUT2D eigenvalue weighted by molar-refractivity contribution is 6.08. The molecule has 2 aliphatic heterocycles. The largest absolute Gasteiger partial charge is 0.464 e. The summed E-state index contributed by atoms with van der Waals surface area (Å²) in [5.74, 6) is -3.05. The van der Waals surface area contributed by atoms with Crippen LogP contribution in [-0.4, -0.2) is 41.9 Å². The standard InChI is InChI=1S/C19H23FN2O4/c1-4-9-19(18(25)26-3)14-13(16(23)22(5-2)17(14)24)15(21-19)11-7-6-8-12(20)10-11/h6-8,10,13-15,21H,4-5,9H2,1-3H3/p+1/t13-,14+,15-,19-/m0/s1.